The molecule has 0 saturated carbocycles. The smallest absolute Gasteiger partial charge is 0.330 e. The SMILES string of the molecule is C=C1c2cc(OC)ccc2NC(=O)N1c1ccc(Cl)cc1. The fourth-order valence-corrected chi connectivity index (χ4v) is 2.40. The van der Waals surface area contributed by atoms with Crippen LogP contribution in [-0.2, 0) is 0 Å². The number of ether oxygens (including phenoxy) is 1. The van der Waals surface area contributed by atoms with Crippen LogP contribution in [0.25, 0.3) is 5.70 Å². The first-order chi connectivity index (χ1) is 10.1. The lowest BCUT2D eigenvalue weighted by Gasteiger charge is -2.31. The van der Waals surface area contributed by atoms with Gasteiger partial charge in [0.1, 0.15) is 5.75 Å². The zero-order valence-corrected chi connectivity index (χ0v) is 12.1. The molecule has 0 atom stereocenters. The molecule has 0 bridgehead atoms. The first-order valence-corrected chi connectivity index (χ1v) is 6.72. The summed E-state index contributed by atoms with van der Waals surface area (Å²) in [6, 6.07) is 12.2. The topological polar surface area (TPSA) is 41.6 Å². The van der Waals surface area contributed by atoms with Crippen molar-refractivity contribution < 1.29 is 9.53 Å². The van der Waals surface area contributed by atoms with E-state index in [1.807, 2.05) is 6.07 Å². The van der Waals surface area contributed by atoms with Crippen LogP contribution < -0.4 is 15.0 Å². The number of urea groups is 1. The maximum absolute atomic E-state index is 12.3. The number of hydrogen-bond donors (Lipinski definition) is 1. The van der Waals surface area contributed by atoms with Gasteiger partial charge in [-0.15, -0.1) is 0 Å². The largest absolute Gasteiger partial charge is 0.497 e. The van der Waals surface area contributed by atoms with Crippen LogP contribution in [0.2, 0.25) is 5.02 Å². The molecule has 106 valence electrons. The predicted molar refractivity (Wildman–Crippen MR) is 85.0 cm³/mol. The highest BCUT2D eigenvalue weighted by atomic mass is 35.5. The molecule has 2 amide bonds. The second-order valence-corrected chi connectivity index (χ2v) is 5.04. The number of fused-ring (bicyclic) bond motifs is 1. The first-order valence-electron chi connectivity index (χ1n) is 6.34. The number of hydrogen-bond acceptors (Lipinski definition) is 2. The Bertz CT molecular complexity index is 726. The number of anilines is 2. The molecule has 3 rings (SSSR count). The summed E-state index contributed by atoms with van der Waals surface area (Å²) in [5.41, 5.74) is 2.84. The fourth-order valence-electron chi connectivity index (χ4n) is 2.28. The number of halogens is 1. The van der Waals surface area contributed by atoms with Crippen molar-refractivity contribution in [2.24, 2.45) is 0 Å². The minimum atomic E-state index is -0.250. The van der Waals surface area contributed by atoms with E-state index in [1.54, 1.807) is 43.5 Å². The Morgan fingerprint density at radius 2 is 1.90 bits per heavy atom. The van der Waals surface area contributed by atoms with Crippen molar-refractivity contribution in [3.63, 3.8) is 0 Å². The summed E-state index contributed by atoms with van der Waals surface area (Å²) in [6.07, 6.45) is 0. The third-order valence-electron chi connectivity index (χ3n) is 3.34. The molecular weight excluding hydrogens is 288 g/mol. The van der Waals surface area contributed by atoms with Crippen molar-refractivity contribution in [2.75, 3.05) is 17.3 Å². The molecule has 1 N–H and O–H groups in total. The van der Waals surface area contributed by atoms with Gasteiger partial charge in [-0.1, -0.05) is 18.2 Å². The van der Waals surface area contributed by atoms with E-state index in [2.05, 4.69) is 11.9 Å². The van der Waals surface area contributed by atoms with Crippen molar-refractivity contribution in [2.45, 2.75) is 0 Å². The number of rotatable bonds is 2. The van der Waals surface area contributed by atoms with Crippen molar-refractivity contribution in [3.8, 4) is 5.75 Å². The van der Waals surface area contributed by atoms with E-state index >= 15 is 0 Å². The summed E-state index contributed by atoms with van der Waals surface area (Å²) < 4.78 is 5.22. The molecule has 1 aliphatic heterocycles. The molecule has 2 aromatic carbocycles. The minimum Gasteiger partial charge on any atom is -0.497 e. The maximum Gasteiger partial charge on any atom is 0.330 e. The summed E-state index contributed by atoms with van der Waals surface area (Å²) in [5, 5.41) is 3.46. The second-order valence-electron chi connectivity index (χ2n) is 4.60. The van der Waals surface area contributed by atoms with Crippen LogP contribution in [0.5, 0.6) is 5.75 Å². The third kappa shape index (κ3) is 2.34. The van der Waals surface area contributed by atoms with Gasteiger partial charge in [-0.2, -0.15) is 0 Å². The normalized spacial score (nSPS) is 13.7. The molecule has 0 aliphatic carbocycles. The quantitative estimate of drug-likeness (QED) is 0.894. The van der Waals surface area contributed by atoms with E-state index in [0.29, 0.717) is 22.2 Å². The molecule has 2 aromatic rings. The second kappa shape index (κ2) is 5.14. The Hall–Kier alpha value is -2.46. The number of nitrogens with one attached hydrogen (secondary N) is 1. The van der Waals surface area contributed by atoms with E-state index < -0.39 is 0 Å². The Morgan fingerprint density at radius 3 is 2.57 bits per heavy atom. The molecule has 5 heteroatoms. The number of carbonyl (C=O) groups is 1. The van der Waals surface area contributed by atoms with E-state index in [9.17, 15) is 4.79 Å². The van der Waals surface area contributed by atoms with Gasteiger partial charge in [0, 0.05) is 10.6 Å². The maximum atomic E-state index is 12.3. The average Bonchev–Trinajstić information content (AvgIpc) is 2.49. The van der Waals surface area contributed by atoms with Crippen LogP contribution in [0.1, 0.15) is 5.56 Å². The number of amides is 2. The third-order valence-corrected chi connectivity index (χ3v) is 3.59. The van der Waals surface area contributed by atoms with Crippen molar-refractivity contribution >= 4 is 34.7 Å². The van der Waals surface area contributed by atoms with Gasteiger partial charge in [-0.05, 0) is 42.5 Å². The van der Waals surface area contributed by atoms with Gasteiger partial charge in [-0.3, -0.25) is 4.90 Å². The first kappa shape index (κ1) is 13.5. The number of benzene rings is 2. The monoisotopic (exact) mass is 300 g/mol. The molecule has 0 fully saturated rings. The summed E-state index contributed by atoms with van der Waals surface area (Å²) in [6.45, 7) is 4.04. The van der Waals surface area contributed by atoms with Crippen molar-refractivity contribution in [3.05, 3.63) is 59.6 Å². The van der Waals surface area contributed by atoms with Gasteiger partial charge in [0.05, 0.1) is 24.2 Å². The summed E-state index contributed by atoms with van der Waals surface area (Å²) in [5.74, 6) is 0.710. The number of methoxy groups -OCH3 is 1. The Kier molecular flexibility index (Phi) is 3.31. The van der Waals surface area contributed by atoms with Crippen molar-refractivity contribution in [1.29, 1.82) is 0 Å². The van der Waals surface area contributed by atoms with Gasteiger partial charge < -0.3 is 10.1 Å². The average molecular weight is 301 g/mol. The molecular formula is C16H13ClN2O2. The van der Waals surface area contributed by atoms with Crippen LogP contribution in [-0.4, -0.2) is 13.1 Å². The molecule has 0 spiro atoms. The lowest BCUT2D eigenvalue weighted by Crippen LogP contribution is -2.37. The van der Waals surface area contributed by atoms with Crippen LogP contribution in [0.15, 0.2) is 49.0 Å². The summed E-state index contributed by atoms with van der Waals surface area (Å²) >= 11 is 5.89. The molecule has 21 heavy (non-hydrogen) atoms. The summed E-state index contributed by atoms with van der Waals surface area (Å²) in [4.78, 5) is 13.8. The lowest BCUT2D eigenvalue weighted by atomic mass is 10.1. The van der Waals surface area contributed by atoms with Gasteiger partial charge >= 0.3 is 6.03 Å². The molecule has 4 nitrogen and oxygen atoms in total. The predicted octanol–water partition coefficient (Wildman–Crippen LogP) is 4.37. The van der Waals surface area contributed by atoms with Crippen molar-refractivity contribution in [1.82, 2.24) is 0 Å². The molecule has 0 saturated heterocycles. The van der Waals surface area contributed by atoms with Gasteiger partial charge in [0.2, 0.25) is 0 Å². The molecule has 1 heterocycles. The van der Waals surface area contributed by atoms with E-state index in [-0.39, 0.29) is 6.03 Å². The zero-order chi connectivity index (χ0) is 15.0. The minimum absolute atomic E-state index is 0.250. The van der Waals surface area contributed by atoms with Crippen LogP contribution >= 0.6 is 11.6 Å². The van der Waals surface area contributed by atoms with Crippen LogP contribution in [0.4, 0.5) is 16.2 Å². The van der Waals surface area contributed by atoms with E-state index in [1.165, 1.54) is 4.90 Å². The molecule has 0 unspecified atom stereocenters. The van der Waals surface area contributed by atoms with E-state index in [4.69, 9.17) is 16.3 Å². The summed E-state index contributed by atoms with van der Waals surface area (Å²) in [7, 11) is 1.60. The Balaban J connectivity index is 2.05. The molecule has 0 radical (unpaired) electrons. The number of nitrogens with zero attached hydrogens (tertiary/aromatic N) is 1. The fraction of sp³-hybridized carbons (Fsp3) is 0.0625. The highest BCUT2D eigenvalue weighted by Crippen LogP contribution is 2.36. The van der Waals surface area contributed by atoms with E-state index in [0.717, 1.165) is 11.3 Å². The zero-order valence-electron chi connectivity index (χ0n) is 11.4. The lowest BCUT2D eigenvalue weighted by molar-refractivity contribution is 0.259. The van der Waals surface area contributed by atoms with Crippen LogP contribution in [0, 0.1) is 0 Å². The van der Waals surface area contributed by atoms with Gasteiger partial charge in [0.15, 0.2) is 0 Å². The highest BCUT2D eigenvalue weighted by Gasteiger charge is 2.27. The Morgan fingerprint density at radius 1 is 1.19 bits per heavy atom. The Labute approximate surface area is 127 Å². The van der Waals surface area contributed by atoms with Gasteiger partial charge in [-0.25, -0.2) is 4.79 Å². The van der Waals surface area contributed by atoms with Crippen LogP contribution in [0.3, 0.4) is 0 Å². The molecule has 0 aromatic heterocycles. The number of carbonyl (C=O) groups excluding carboxylic acids is 1. The van der Waals surface area contributed by atoms with Gasteiger partial charge in [0.25, 0.3) is 0 Å². The molecule has 1 aliphatic rings. The standard InChI is InChI=1S/C16H13ClN2O2/c1-10-14-9-13(21-2)7-8-15(14)18-16(20)19(10)12-5-3-11(17)4-6-12/h3-9H,1H2,2H3,(H,18,20). The highest BCUT2D eigenvalue weighted by molar-refractivity contribution is 6.30.